The number of aliphatic carboxylic acids is 1. The van der Waals surface area contributed by atoms with Gasteiger partial charge in [0.15, 0.2) is 6.61 Å². The van der Waals surface area contributed by atoms with E-state index in [0.29, 0.717) is 28.3 Å². The normalized spacial score (nSPS) is 11.0. The molecule has 2 aromatic carbocycles. The largest absolute Gasteiger partial charge is 0.481 e. The number of halogens is 1. The molecule has 4 rings (SSSR count). The third-order valence-electron chi connectivity index (χ3n) is 4.40. The number of rotatable bonds is 6. The maximum atomic E-state index is 13.6. The van der Waals surface area contributed by atoms with Crippen LogP contribution in [0.1, 0.15) is 16.7 Å². The second-order valence-corrected chi connectivity index (χ2v) is 7.05. The van der Waals surface area contributed by atoms with Crippen molar-refractivity contribution in [2.45, 2.75) is 20.8 Å². The Morgan fingerprint density at radius 2 is 1.84 bits per heavy atom. The van der Waals surface area contributed by atoms with E-state index in [4.69, 9.17) is 19.0 Å². The highest BCUT2D eigenvalue weighted by atomic mass is 19.1. The topological polar surface area (TPSA) is 108 Å². The summed E-state index contributed by atoms with van der Waals surface area (Å²) in [5.74, 6) is -0.367. The number of oxazole rings is 1. The van der Waals surface area contributed by atoms with Gasteiger partial charge in [0.2, 0.25) is 5.89 Å². The molecule has 158 valence electrons. The van der Waals surface area contributed by atoms with Crippen molar-refractivity contribution in [1.82, 2.24) is 15.0 Å². The number of carboxylic acids is 1. The molecule has 0 saturated carbocycles. The molecular formula is C22H18FN3O5. The average Bonchev–Trinajstić information content (AvgIpc) is 3.09. The molecule has 0 unspecified atom stereocenters. The van der Waals surface area contributed by atoms with Gasteiger partial charge in [-0.25, -0.2) is 19.2 Å². The maximum absolute atomic E-state index is 13.6. The zero-order chi connectivity index (χ0) is 22.1. The zero-order valence-electron chi connectivity index (χ0n) is 17.0. The van der Waals surface area contributed by atoms with Gasteiger partial charge in [0.05, 0.1) is 6.20 Å². The number of aryl methyl sites for hydroxylation is 3. The van der Waals surface area contributed by atoms with Crippen molar-refractivity contribution in [2.75, 3.05) is 6.61 Å². The minimum Gasteiger partial charge on any atom is -0.481 e. The summed E-state index contributed by atoms with van der Waals surface area (Å²) >= 11 is 0. The molecule has 0 saturated heterocycles. The number of carbonyl (C=O) groups is 1. The van der Waals surface area contributed by atoms with Gasteiger partial charge in [-0.3, -0.25) is 0 Å². The lowest BCUT2D eigenvalue weighted by atomic mass is 10.1. The van der Waals surface area contributed by atoms with E-state index in [-0.39, 0.29) is 17.5 Å². The highest BCUT2D eigenvalue weighted by Gasteiger charge is 2.15. The van der Waals surface area contributed by atoms with Crippen LogP contribution < -0.4 is 9.47 Å². The Morgan fingerprint density at radius 1 is 1.10 bits per heavy atom. The average molecular weight is 423 g/mol. The zero-order valence-corrected chi connectivity index (χ0v) is 17.0. The Bertz CT molecular complexity index is 1260. The molecule has 2 aromatic heterocycles. The van der Waals surface area contributed by atoms with Crippen LogP contribution in [0.25, 0.3) is 22.7 Å². The first-order valence-corrected chi connectivity index (χ1v) is 9.33. The van der Waals surface area contributed by atoms with E-state index < -0.39 is 18.4 Å². The fourth-order valence-corrected chi connectivity index (χ4v) is 3.20. The van der Waals surface area contributed by atoms with Crippen molar-refractivity contribution in [3.8, 4) is 29.0 Å². The molecule has 0 bridgehead atoms. The van der Waals surface area contributed by atoms with Gasteiger partial charge in [-0.15, -0.1) is 0 Å². The molecule has 0 atom stereocenters. The van der Waals surface area contributed by atoms with Gasteiger partial charge in [0, 0.05) is 11.6 Å². The van der Waals surface area contributed by atoms with Gasteiger partial charge in [-0.1, -0.05) is 0 Å². The molecule has 31 heavy (non-hydrogen) atoms. The third-order valence-corrected chi connectivity index (χ3v) is 4.40. The maximum Gasteiger partial charge on any atom is 0.341 e. The van der Waals surface area contributed by atoms with Gasteiger partial charge in [-0.2, -0.15) is 4.98 Å². The fourth-order valence-electron chi connectivity index (χ4n) is 3.20. The van der Waals surface area contributed by atoms with Crippen LogP contribution in [0.15, 0.2) is 40.9 Å². The molecular weight excluding hydrogens is 405 g/mol. The summed E-state index contributed by atoms with van der Waals surface area (Å²) in [6.07, 6.45) is 1.46. The predicted molar refractivity (Wildman–Crippen MR) is 109 cm³/mol. The summed E-state index contributed by atoms with van der Waals surface area (Å²) in [5, 5.41) is 8.82. The summed E-state index contributed by atoms with van der Waals surface area (Å²) in [5.41, 5.74) is 3.53. The molecule has 0 fully saturated rings. The number of benzene rings is 2. The van der Waals surface area contributed by atoms with Crippen LogP contribution >= 0.6 is 0 Å². The van der Waals surface area contributed by atoms with E-state index in [0.717, 1.165) is 11.1 Å². The number of nitrogens with zero attached hydrogens (tertiary/aromatic N) is 3. The van der Waals surface area contributed by atoms with Crippen molar-refractivity contribution in [3.63, 3.8) is 0 Å². The third kappa shape index (κ3) is 4.45. The summed E-state index contributed by atoms with van der Waals surface area (Å²) in [7, 11) is 0. The standard InChI is InChI=1S/C22H18FN3O5/c1-11-4-15(23)8-16(5-11)30-22-24-9-17-21(26-22)31-20(25-17)14-6-12(2)19(13(3)7-14)29-10-18(27)28/h4-9H,10H2,1-3H3,(H,27,28). The number of carboxylic acid groups (broad SMARTS) is 1. The van der Waals surface area contributed by atoms with Crippen LogP contribution in [0.2, 0.25) is 0 Å². The van der Waals surface area contributed by atoms with Crippen LogP contribution in [0, 0.1) is 26.6 Å². The summed E-state index contributed by atoms with van der Waals surface area (Å²) in [6, 6.07) is 7.88. The minimum absolute atomic E-state index is 0.00461. The Hall–Kier alpha value is -4.01. The molecule has 0 radical (unpaired) electrons. The van der Waals surface area contributed by atoms with Gasteiger partial charge < -0.3 is 19.0 Å². The molecule has 9 heteroatoms. The number of fused-ring (bicyclic) bond motifs is 1. The van der Waals surface area contributed by atoms with Gasteiger partial charge in [0.25, 0.3) is 5.71 Å². The van der Waals surface area contributed by atoms with E-state index in [1.165, 1.54) is 18.3 Å². The lowest BCUT2D eigenvalue weighted by Gasteiger charge is -2.11. The molecule has 0 aliphatic rings. The van der Waals surface area contributed by atoms with Crippen LogP contribution in [-0.2, 0) is 4.79 Å². The van der Waals surface area contributed by atoms with Crippen molar-refractivity contribution in [3.05, 3.63) is 59.0 Å². The van der Waals surface area contributed by atoms with E-state index in [2.05, 4.69) is 15.0 Å². The van der Waals surface area contributed by atoms with E-state index in [1.807, 2.05) is 13.8 Å². The number of hydrogen-bond acceptors (Lipinski definition) is 7. The summed E-state index contributed by atoms with van der Waals surface area (Å²) < 4.78 is 30.2. The minimum atomic E-state index is -1.05. The summed E-state index contributed by atoms with van der Waals surface area (Å²) in [4.78, 5) is 23.5. The predicted octanol–water partition coefficient (Wildman–Crippen LogP) is 4.60. The smallest absolute Gasteiger partial charge is 0.341 e. The highest BCUT2D eigenvalue weighted by Crippen LogP contribution is 2.31. The molecule has 0 amide bonds. The Morgan fingerprint density at radius 3 is 2.52 bits per heavy atom. The van der Waals surface area contributed by atoms with Crippen LogP contribution in [0.5, 0.6) is 17.5 Å². The Labute approximate surface area is 176 Å². The van der Waals surface area contributed by atoms with Crippen molar-refractivity contribution >= 4 is 17.2 Å². The van der Waals surface area contributed by atoms with E-state index in [9.17, 15) is 9.18 Å². The SMILES string of the molecule is Cc1cc(F)cc(Oc2ncc3nc(-c4cc(C)c(OCC(=O)O)c(C)c4)oc3n2)c1. The van der Waals surface area contributed by atoms with Gasteiger partial charge in [-0.05, 0) is 61.7 Å². The van der Waals surface area contributed by atoms with E-state index in [1.54, 1.807) is 25.1 Å². The van der Waals surface area contributed by atoms with Gasteiger partial charge in [0.1, 0.15) is 22.8 Å². The van der Waals surface area contributed by atoms with Crippen LogP contribution in [-0.4, -0.2) is 32.6 Å². The molecule has 0 aliphatic carbocycles. The fraction of sp³-hybridized carbons (Fsp3) is 0.182. The molecule has 4 aromatic rings. The first-order chi connectivity index (χ1) is 14.8. The molecule has 2 heterocycles. The summed E-state index contributed by atoms with van der Waals surface area (Å²) in [6.45, 7) is 4.95. The first kappa shape index (κ1) is 20.3. The lowest BCUT2D eigenvalue weighted by molar-refractivity contribution is -0.139. The molecule has 0 aliphatic heterocycles. The molecule has 8 nitrogen and oxygen atoms in total. The van der Waals surface area contributed by atoms with Crippen molar-refractivity contribution in [2.24, 2.45) is 0 Å². The number of hydrogen-bond donors (Lipinski definition) is 1. The second kappa shape index (κ2) is 8.02. The quantitative estimate of drug-likeness (QED) is 0.479. The highest BCUT2D eigenvalue weighted by molar-refractivity contribution is 5.73. The monoisotopic (exact) mass is 423 g/mol. The Balaban J connectivity index is 1.63. The number of ether oxygens (including phenoxy) is 2. The van der Waals surface area contributed by atoms with Crippen LogP contribution in [0.3, 0.4) is 0 Å². The van der Waals surface area contributed by atoms with Crippen LogP contribution in [0.4, 0.5) is 4.39 Å². The molecule has 1 N–H and O–H groups in total. The van der Waals surface area contributed by atoms with Gasteiger partial charge >= 0.3 is 12.0 Å². The second-order valence-electron chi connectivity index (χ2n) is 7.05. The Kier molecular flexibility index (Phi) is 5.24. The number of aromatic nitrogens is 3. The van der Waals surface area contributed by atoms with Crippen molar-refractivity contribution < 1.29 is 28.2 Å². The van der Waals surface area contributed by atoms with Crippen molar-refractivity contribution in [1.29, 1.82) is 0 Å². The first-order valence-electron chi connectivity index (χ1n) is 9.33. The lowest BCUT2D eigenvalue weighted by Crippen LogP contribution is -2.10. The molecule has 0 spiro atoms. The van der Waals surface area contributed by atoms with E-state index >= 15 is 0 Å².